The maximum atomic E-state index is 5.84. The number of nitrogens with two attached hydrogens (primary N) is 1. The van der Waals surface area contributed by atoms with Crippen molar-refractivity contribution in [1.82, 2.24) is 4.98 Å². The normalized spacial score (nSPS) is 25.4. The van der Waals surface area contributed by atoms with Crippen molar-refractivity contribution in [3.63, 3.8) is 0 Å². The van der Waals surface area contributed by atoms with Crippen molar-refractivity contribution >= 4 is 16.6 Å². The van der Waals surface area contributed by atoms with Crippen LogP contribution in [0.2, 0.25) is 0 Å². The minimum absolute atomic E-state index is 0.555. The van der Waals surface area contributed by atoms with Crippen molar-refractivity contribution in [3.8, 4) is 0 Å². The Bertz CT molecular complexity index is 625. The first-order valence-electron chi connectivity index (χ1n) is 7.68. The van der Waals surface area contributed by atoms with E-state index < -0.39 is 0 Å². The molecular weight excluding hydrogens is 246 g/mol. The summed E-state index contributed by atoms with van der Waals surface area (Å²) in [5, 5.41) is 2.52. The molecule has 2 aliphatic rings. The number of anilines is 1. The SMILES string of the molecule is NCc1cnc(N2CC3CCCC3C2)c2ccccc12. The average molecular weight is 267 g/mol. The van der Waals surface area contributed by atoms with Crippen molar-refractivity contribution < 1.29 is 0 Å². The van der Waals surface area contributed by atoms with Crippen molar-refractivity contribution in [2.45, 2.75) is 25.8 Å². The molecule has 2 N–H and O–H groups in total. The van der Waals surface area contributed by atoms with Gasteiger partial charge in [0.2, 0.25) is 0 Å². The molecular formula is C17H21N3. The van der Waals surface area contributed by atoms with Crippen molar-refractivity contribution in [3.05, 3.63) is 36.0 Å². The Morgan fingerprint density at radius 1 is 1.10 bits per heavy atom. The summed E-state index contributed by atoms with van der Waals surface area (Å²) in [6.45, 7) is 2.92. The number of pyridine rings is 1. The summed E-state index contributed by atoms with van der Waals surface area (Å²) >= 11 is 0. The summed E-state index contributed by atoms with van der Waals surface area (Å²) in [6.07, 6.45) is 6.19. The predicted molar refractivity (Wildman–Crippen MR) is 82.7 cm³/mol. The molecule has 2 atom stereocenters. The van der Waals surface area contributed by atoms with E-state index in [1.807, 2.05) is 6.20 Å². The van der Waals surface area contributed by atoms with Crippen LogP contribution in [0.4, 0.5) is 5.82 Å². The van der Waals surface area contributed by atoms with E-state index in [9.17, 15) is 0 Å². The fourth-order valence-corrected chi connectivity index (χ4v) is 4.06. The van der Waals surface area contributed by atoms with Crippen LogP contribution in [0.25, 0.3) is 10.8 Å². The van der Waals surface area contributed by atoms with Crippen LogP contribution in [0.5, 0.6) is 0 Å². The molecule has 1 aliphatic heterocycles. The summed E-state index contributed by atoms with van der Waals surface area (Å²) in [7, 11) is 0. The first kappa shape index (κ1) is 12.2. The van der Waals surface area contributed by atoms with Crippen LogP contribution in [0.1, 0.15) is 24.8 Å². The molecule has 104 valence electrons. The third-order valence-electron chi connectivity index (χ3n) is 5.10. The number of benzene rings is 1. The zero-order valence-electron chi connectivity index (χ0n) is 11.8. The monoisotopic (exact) mass is 267 g/mol. The van der Waals surface area contributed by atoms with Gasteiger partial charge in [0.05, 0.1) is 0 Å². The fourth-order valence-electron chi connectivity index (χ4n) is 4.06. The zero-order valence-corrected chi connectivity index (χ0v) is 11.8. The van der Waals surface area contributed by atoms with Crippen molar-refractivity contribution in [2.75, 3.05) is 18.0 Å². The predicted octanol–water partition coefficient (Wildman–Crippen LogP) is 2.93. The Balaban J connectivity index is 1.77. The summed E-state index contributed by atoms with van der Waals surface area (Å²) < 4.78 is 0. The van der Waals surface area contributed by atoms with Gasteiger partial charge in [-0.15, -0.1) is 0 Å². The molecule has 0 spiro atoms. The van der Waals surface area contributed by atoms with Gasteiger partial charge in [-0.3, -0.25) is 0 Å². The molecule has 2 heterocycles. The number of hydrogen-bond acceptors (Lipinski definition) is 3. The molecule has 3 nitrogen and oxygen atoms in total. The molecule has 4 rings (SSSR count). The highest BCUT2D eigenvalue weighted by atomic mass is 15.2. The largest absolute Gasteiger partial charge is 0.356 e. The molecule has 2 fully saturated rings. The van der Waals surface area contributed by atoms with E-state index in [-0.39, 0.29) is 0 Å². The Kier molecular flexibility index (Phi) is 2.88. The van der Waals surface area contributed by atoms with Gasteiger partial charge in [0, 0.05) is 31.2 Å². The highest BCUT2D eigenvalue weighted by molar-refractivity contribution is 5.94. The van der Waals surface area contributed by atoms with E-state index in [1.165, 1.54) is 43.1 Å². The molecule has 2 aromatic rings. The molecule has 20 heavy (non-hydrogen) atoms. The van der Waals surface area contributed by atoms with Crippen molar-refractivity contribution in [1.29, 1.82) is 0 Å². The van der Waals surface area contributed by atoms with Gasteiger partial charge in [-0.25, -0.2) is 4.98 Å². The Morgan fingerprint density at radius 2 is 1.80 bits per heavy atom. The lowest BCUT2D eigenvalue weighted by Gasteiger charge is -2.21. The number of rotatable bonds is 2. The van der Waals surface area contributed by atoms with Gasteiger partial charge in [0.15, 0.2) is 0 Å². The van der Waals surface area contributed by atoms with Gasteiger partial charge in [-0.1, -0.05) is 30.7 Å². The lowest BCUT2D eigenvalue weighted by molar-refractivity contribution is 0.494. The number of nitrogens with zero attached hydrogens (tertiary/aromatic N) is 2. The van der Waals surface area contributed by atoms with E-state index in [0.717, 1.165) is 23.2 Å². The maximum Gasteiger partial charge on any atom is 0.136 e. The van der Waals surface area contributed by atoms with E-state index in [1.54, 1.807) is 0 Å². The van der Waals surface area contributed by atoms with E-state index in [0.29, 0.717) is 6.54 Å². The minimum atomic E-state index is 0.555. The zero-order chi connectivity index (χ0) is 13.5. The lowest BCUT2D eigenvalue weighted by atomic mass is 10.0. The van der Waals surface area contributed by atoms with Gasteiger partial charge in [-0.05, 0) is 35.6 Å². The van der Waals surface area contributed by atoms with Gasteiger partial charge in [0.1, 0.15) is 5.82 Å². The second-order valence-corrected chi connectivity index (χ2v) is 6.21. The van der Waals surface area contributed by atoms with Crippen LogP contribution in [0.15, 0.2) is 30.5 Å². The molecule has 1 saturated carbocycles. The summed E-state index contributed by atoms with van der Waals surface area (Å²) in [5.41, 5.74) is 6.98. The van der Waals surface area contributed by atoms with E-state index >= 15 is 0 Å². The van der Waals surface area contributed by atoms with Crippen molar-refractivity contribution in [2.24, 2.45) is 17.6 Å². The fraction of sp³-hybridized carbons (Fsp3) is 0.471. The molecule has 1 aromatic carbocycles. The van der Waals surface area contributed by atoms with Crippen LogP contribution in [-0.4, -0.2) is 18.1 Å². The van der Waals surface area contributed by atoms with Gasteiger partial charge >= 0.3 is 0 Å². The Morgan fingerprint density at radius 3 is 2.50 bits per heavy atom. The quantitative estimate of drug-likeness (QED) is 0.909. The van der Waals surface area contributed by atoms with Crippen LogP contribution in [0, 0.1) is 11.8 Å². The Labute approximate surface area is 119 Å². The topological polar surface area (TPSA) is 42.1 Å². The third kappa shape index (κ3) is 1.80. The number of aromatic nitrogens is 1. The molecule has 1 aromatic heterocycles. The minimum Gasteiger partial charge on any atom is -0.356 e. The first-order valence-corrected chi connectivity index (χ1v) is 7.68. The van der Waals surface area contributed by atoms with Crippen LogP contribution >= 0.6 is 0 Å². The molecule has 1 aliphatic carbocycles. The summed E-state index contributed by atoms with van der Waals surface area (Å²) in [5.74, 6) is 2.95. The third-order valence-corrected chi connectivity index (χ3v) is 5.10. The highest BCUT2D eigenvalue weighted by Crippen LogP contribution is 2.40. The first-order chi connectivity index (χ1) is 9.86. The molecule has 0 amide bonds. The maximum absolute atomic E-state index is 5.84. The van der Waals surface area contributed by atoms with Crippen LogP contribution in [0.3, 0.4) is 0 Å². The summed E-state index contributed by atoms with van der Waals surface area (Å²) in [4.78, 5) is 7.23. The number of fused-ring (bicyclic) bond motifs is 2. The summed E-state index contributed by atoms with van der Waals surface area (Å²) in [6, 6.07) is 8.54. The van der Waals surface area contributed by atoms with Gasteiger partial charge in [0.25, 0.3) is 0 Å². The van der Waals surface area contributed by atoms with Crippen LogP contribution in [-0.2, 0) is 6.54 Å². The molecule has 3 heteroatoms. The number of hydrogen-bond donors (Lipinski definition) is 1. The second-order valence-electron chi connectivity index (χ2n) is 6.21. The van der Waals surface area contributed by atoms with E-state index in [4.69, 9.17) is 10.7 Å². The Hall–Kier alpha value is -1.61. The van der Waals surface area contributed by atoms with Crippen LogP contribution < -0.4 is 10.6 Å². The smallest absolute Gasteiger partial charge is 0.136 e. The molecule has 0 radical (unpaired) electrons. The van der Waals surface area contributed by atoms with Gasteiger partial charge in [-0.2, -0.15) is 0 Å². The standard InChI is InChI=1S/C17H21N3/c18-8-14-9-19-17(16-7-2-1-6-15(14)16)20-10-12-4-3-5-13(12)11-20/h1-2,6-7,9,12-13H,3-5,8,10-11,18H2. The average Bonchev–Trinajstić information content (AvgIpc) is 3.07. The van der Waals surface area contributed by atoms with E-state index in [2.05, 4.69) is 29.2 Å². The molecule has 1 saturated heterocycles. The van der Waals surface area contributed by atoms with Gasteiger partial charge < -0.3 is 10.6 Å². The highest BCUT2D eigenvalue weighted by Gasteiger charge is 2.36. The second kappa shape index (κ2) is 4.74. The molecule has 0 bridgehead atoms. The lowest BCUT2D eigenvalue weighted by Crippen LogP contribution is -2.22. The molecule has 2 unspecified atom stereocenters.